The summed E-state index contributed by atoms with van der Waals surface area (Å²) in [6.45, 7) is 2.82. The molecular weight excluding hydrogens is 238 g/mol. The number of halogens is 1. The van der Waals surface area contributed by atoms with E-state index in [2.05, 4.69) is 5.32 Å². The Balaban J connectivity index is 1.91. The zero-order valence-electron chi connectivity index (χ0n) is 10.2. The molecule has 1 fully saturated rings. The van der Waals surface area contributed by atoms with Crippen LogP contribution in [0.2, 0.25) is 5.02 Å². The summed E-state index contributed by atoms with van der Waals surface area (Å²) >= 11 is 6.13. The minimum Gasteiger partial charge on any atom is -0.497 e. The first-order valence-electron chi connectivity index (χ1n) is 5.94. The lowest BCUT2D eigenvalue weighted by Crippen LogP contribution is -2.40. The van der Waals surface area contributed by atoms with Crippen LogP contribution in [0.1, 0.15) is 19.8 Å². The third-order valence-electron chi connectivity index (χ3n) is 3.03. The molecule has 0 saturated heterocycles. The van der Waals surface area contributed by atoms with Gasteiger partial charge in [0.15, 0.2) is 0 Å². The van der Waals surface area contributed by atoms with E-state index in [1.54, 1.807) is 7.11 Å². The van der Waals surface area contributed by atoms with Gasteiger partial charge in [0.25, 0.3) is 0 Å². The van der Waals surface area contributed by atoms with Crippen molar-refractivity contribution in [3.05, 3.63) is 23.2 Å². The molecule has 1 aliphatic carbocycles. The van der Waals surface area contributed by atoms with Crippen molar-refractivity contribution in [3.8, 4) is 5.75 Å². The Hall–Kier alpha value is -0.930. The van der Waals surface area contributed by atoms with Gasteiger partial charge in [0, 0.05) is 18.7 Å². The SMILES string of the molecule is CCOC1CC(Nc2cc(OC)ccc2Cl)C1. The van der Waals surface area contributed by atoms with Crippen LogP contribution in [0, 0.1) is 0 Å². The number of methoxy groups -OCH3 is 1. The van der Waals surface area contributed by atoms with E-state index in [0.717, 1.165) is 35.9 Å². The van der Waals surface area contributed by atoms with Crippen molar-refractivity contribution >= 4 is 17.3 Å². The number of benzene rings is 1. The molecule has 1 saturated carbocycles. The second-order valence-electron chi connectivity index (χ2n) is 4.24. The van der Waals surface area contributed by atoms with Gasteiger partial charge >= 0.3 is 0 Å². The van der Waals surface area contributed by atoms with Crippen LogP contribution in [-0.4, -0.2) is 25.9 Å². The normalized spacial score (nSPS) is 23.0. The molecule has 1 aromatic rings. The molecule has 1 N–H and O–H groups in total. The van der Waals surface area contributed by atoms with Crippen molar-refractivity contribution in [2.45, 2.75) is 31.9 Å². The number of rotatable bonds is 5. The van der Waals surface area contributed by atoms with Crippen molar-refractivity contribution in [1.29, 1.82) is 0 Å². The van der Waals surface area contributed by atoms with Crippen LogP contribution in [-0.2, 0) is 4.74 Å². The van der Waals surface area contributed by atoms with Crippen LogP contribution >= 0.6 is 11.6 Å². The Bertz CT molecular complexity index is 378. The van der Waals surface area contributed by atoms with Gasteiger partial charge in [0.2, 0.25) is 0 Å². The van der Waals surface area contributed by atoms with Crippen molar-refractivity contribution < 1.29 is 9.47 Å². The van der Waals surface area contributed by atoms with E-state index in [1.165, 1.54) is 0 Å². The van der Waals surface area contributed by atoms with E-state index < -0.39 is 0 Å². The maximum Gasteiger partial charge on any atom is 0.121 e. The summed E-state index contributed by atoms with van der Waals surface area (Å²) in [6, 6.07) is 6.09. The largest absolute Gasteiger partial charge is 0.497 e. The van der Waals surface area contributed by atoms with E-state index in [1.807, 2.05) is 25.1 Å². The van der Waals surface area contributed by atoms with E-state index >= 15 is 0 Å². The molecule has 0 radical (unpaired) electrons. The lowest BCUT2D eigenvalue weighted by atomic mass is 9.89. The van der Waals surface area contributed by atoms with Crippen molar-refractivity contribution in [2.75, 3.05) is 19.0 Å². The van der Waals surface area contributed by atoms with Gasteiger partial charge in [-0.25, -0.2) is 0 Å². The topological polar surface area (TPSA) is 30.5 Å². The summed E-state index contributed by atoms with van der Waals surface area (Å²) in [5.41, 5.74) is 0.936. The predicted octanol–water partition coefficient (Wildman–Crippen LogP) is 3.33. The molecule has 0 amide bonds. The van der Waals surface area contributed by atoms with Crippen molar-refractivity contribution in [1.82, 2.24) is 0 Å². The smallest absolute Gasteiger partial charge is 0.121 e. The highest BCUT2D eigenvalue weighted by Gasteiger charge is 2.29. The maximum atomic E-state index is 6.13. The lowest BCUT2D eigenvalue weighted by molar-refractivity contribution is 0.00299. The molecule has 17 heavy (non-hydrogen) atoms. The third kappa shape index (κ3) is 3.05. The highest BCUT2D eigenvalue weighted by Crippen LogP contribution is 2.32. The molecule has 0 aliphatic heterocycles. The quantitative estimate of drug-likeness (QED) is 0.876. The summed E-state index contributed by atoms with van der Waals surface area (Å²) in [4.78, 5) is 0. The maximum absolute atomic E-state index is 6.13. The highest BCUT2D eigenvalue weighted by molar-refractivity contribution is 6.33. The number of anilines is 1. The van der Waals surface area contributed by atoms with Crippen molar-refractivity contribution in [2.24, 2.45) is 0 Å². The summed E-state index contributed by atoms with van der Waals surface area (Å²) in [6.07, 6.45) is 2.49. The molecular formula is C13H18ClNO2. The number of nitrogens with one attached hydrogen (secondary N) is 1. The Morgan fingerprint density at radius 2 is 2.18 bits per heavy atom. The van der Waals surface area contributed by atoms with Gasteiger partial charge in [0.1, 0.15) is 5.75 Å². The molecule has 0 bridgehead atoms. The van der Waals surface area contributed by atoms with Gasteiger partial charge in [-0.1, -0.05) is 11.6 Å². The van der Waals surface area contributed by atoms with Crippen LogP contribution in [0.25, 0.3) is 0 Å². The Morgan fingerprint density at radius 3 is 2.82 bits per heavy atom. The fraction of sp³-hybridized carbons (Fsp3) is 0.538. The van der Waals surface area contributed by atoms with Crippen LogP contribution in [0.15, 0.2) is 18.2 Å². The first-order chi connectivity index (χ1) is 8.22. The van der Waals surface area contributed by atoms with Crippen molar-refractivity contribution in [3.63, 3.8) is 0 Å². The lowest BCUT2D eigenvalue weighted by Gasteiger charge is -2.36. The van der Waals surface area contributed by atoms with E-state index in [-0.39, 0.29) is 0 Å². The molecule has 1 aromatic carbocycles. The molecule has 0 aromatic heterocycles. The molecule has 0 spiro atoms. The summed E-state index contributed by atoms with van der Waals surface area (Å²) < 4.78 is 10.7. The predicted molar refractivity (Wildman–Crippen MR) is 70.1 cm³/mol. The molecule has 0 unspecified atom stereocenters. The van der Waals surface area contributed by atoms with Crippen LogP contribution in [0.4, 0.5) is 5.69 Å². The second-order valence-corrected chi connectivity index (χ2v) is 4.64. The first kappa shape index (κ1) is 12.5. The highest BCUT2D eigenvalue weighted by atomic mass is 35.5. The molecule has 0 atom stereocenters. The van der Waals surface area contributed by atoms with E-state index in [4.69, 9.17) is 21.1 Å². The third-order valence-corrected chi connectivity index (χ3v) is 3.36. The fourth-order valence-electron chi connectivity index (χ4n) is 2.02. The van der Waals surface area contributed by atoms with E-state index in [9.17, 15) is 0 Å². The van der Waals surface area contributed by atoms with Gasteiger partial charge in [0.05, 0.1) is 23.9 Å². The zero-order chi connectivity index (χ0) is 12.3. The molecule has 0 heterocycles. The Kier molecular flexibility index (Phi) is 4.13. The van der Waals surface area contributed by atoms with Crippen LogP contribution < -0.4 is 10.1 Å². The zero-order valence-corrected chi connectivity index (χ0v) is 11.0. The summed E-state index contributed by atoms with van der Waals surface area (Å²) in [5.74, 6) is 0.817. The number of ether oxygens (including phenoxy) is 2. The fourth-order valence-corrected chi connectivity index (χ4v) is 2.19. The average molecular weight is 256 g/mol. The number of hydrogen-bond acceptors (Lipinski definition) is 3. The van der Waals surface area contributed by atoms with E-state index in [0.29, 0.717) is 12.1 Å². The summed E-state index contributed by atoms with van der Waals surface area (Å²) in [7, 11) is 1.65. The Labute approximate surface area is 107 Å². The number of hydrogen-bond donors (Lipinski definition) is 1. The standard InChI is InChI=1S/C13H18ClNO2/c1-3-17-11-6-9(7-11)15-13-8-10(16-2)4-5-12(13)14/h4-5,8-9,11,15H,3,6-7H2,1-2H3. The second kappa shape index (κ2) is 5.61. The van der Waals surface area contributed by atoms with Gasteiger partial charge < -0.3 is 14.8 Å². The molecule has 1 aliphatic rings. The van der Waals surface area contributed by atoms with Gasteiger partial charge in [-0.2, -0.15) is 0 Å². The summed E-state index contributed by atoms with van der Waals surface area (Å²) in [5, 5.41) is 4.15. The van der Waals surface area contributed by atoms with Gasteiger partial charge in [-0.05, 0) is 31.9 Å². The van der Waals surface area contributed by atoms with Gasteiger partial charge in [-0.15, -0.1) is 0 Å². The average Bonchev–Trinajstić information content (AvgIpc) is 2.29. The van der Waals surface area contributed by atoms with Crippen LogP contribution in [0.5, 0.6) is 5.75 Å². The minimum atomic E-state index is 0.405. The van der Waals surface area contributed by atoms with Crippen LogP contribution in [0.3, 0.4) is 0 Å². The molecule has 94 valence electrons. The Morgan fingerprint density at radius 1 is 1.41 bits per heavy atom. The monoisotopic (exact) mass is 255 g/mol. The van der Waals surface area contributed by atoms with Gasteiger partial charge in [-0.3, -0.25) is 0 Å². The first-order valence-corrected chi connectivity index (χ1v) is 6.32. The molecule has 2 rings (SSSR count). The molecule has 3 nitrogen and oxygen atoms in total. The minimum absolute atomic E-state index is 0.405. The molecule has 4 heteroatoms.